The van der Waals surface area contributed by atoms with Gasteiger partial charge in [0.2, 0.25) is 0 Å². The van der Waals surface area contributed by atoms with Gasteiger partial charge in [0.15, 0.2) is 0 Å². The van der Waals surface area contributed by atoms with E-state index in [0.29, 0.717) is 10.5 Å². The van der Waals surface area contributed by atoms with Crippen LogP contribution in [0.2, 0.25) is 0 Å². The summed E-state index contributed by atoms with van der Waals surface area (Å²) in [6, 6.07) is 5.65. The molecule has 0 saturated carbocycles. The predicted molar refractivity (Wildman–Crippen MR) is 64.8 cm³/mol. The third kappa shape index (κ3) is 2.81. The molecule has 1 atom stereocenters. The molecule has 1 fully saturated rings. The van der Waals surface area contributed by atoms with E-state index in [0.717, 1.165) is 31.7 Å². The van der Waals surface area contributed by atoms with Crippen molar-refractivity contribution in [3.63, 3.8) is 0 Å². The first-order chi connectivity index (χ1) is 7.66. The van der Waals surface area contributed by atoms with Crippen LogP contribution in [0.4, 0.5) is 4.39 Å². The van der Waals surface area contributed by atoms with Gasteiger partial charge in [-0.05, 0) is 47.1 Å². The molecule has 0 bridgehead atoms. The standard InChI is InChI=1S/C12H15BrFNO/c1-15(10-4-5-16-8-10)7-9-2-3-12(14)11(13)6-9/h2-3,6,10H,4-5,7-8H2,1H3. The number of likely N-dealkylation sites (N-methyl/N-ethyl adjacent to an activating group) is 1. The molecule has 0 N–H and O–H groups in total. The minimum absolute atomic E-state index is 0.212. The van der Waals surface area contributed by atoms with Crippen LogP contribution >= 0.6 is 15.9 Å². The van der Waals surface area contributed by atoms with Gasteiger partial charge in [-0.25, -0.2) is 4.39 Å². The van der Waals surface area contributed by atoms with Crippen LogP contribution in [0.5, 0.6) is 0 Å². The van der Waals surface area contributed by atoms with Gasteiger partial charge in [0.1, 0.15) is 5.82 Å². The quantitative estimate of drug-likeness (QED) is 0.848. The Morgan fingerprint density at radius 2 is 2.38 bits per heavy atom. The number of hydrogen-bond acceptors (Lipinski definition) is 2. The largest absolute Gasteiger partial charge is 0.380 e. The van der Waals surface area contributed by atoms with E-state index in [1.165, 1.54) is 6.07 Å². The highest BCUT2D eigenvalue weighted by Gasteiger charge is 2.20. The second kappa shape index (κ2) is 5.25. The minimum atomic E-state index is -0.212. The van der Waals surface area contributed by atoms with Gasteiger partial charge in [-0.2, -0.15) is 0 Å². The van der Waals surface area contributed by atoms with Crippen molar-refractivity contribution in [3.05, 3.63) is 34.1 Å². The van der Waals surface area contributed by atoms with E-state index in [1.807, 2.05) is 12.1 Å². The summed E-state index contributed by atoms with van der Waals surface area (Å²) in [6.45, 7) is 2.48. The molecule has 1 aromatic carbocycles. The van der Waals surface area contributed by atoms with Gasteiger partial charge in [-0.15, -0.1) is 0 Å². The van der Waals surface area contributed by atoms with Gasteiger partial charge < -0.3 is 4.74 Å². The van der Waals surface area contributed by atoms with Crippen LogP contribution in [0.1, 0.15) is 12.0 Å². The molecular weight excluding hydrogens is 273 g/mol. The maximum atomic E-state index is 13.1. The molecule has 1 unspecified atom stereocenters. The maximum Gasteiger partial charge on any atom is 0.137 e. The molecule has 0 aliphatic carbocycles. The fraction of sp³-hybridized carbons (Fsp3) is 0.500. The molecule has 1 aliphatic heterocycles. The molecular formula is C12H15BrFNO. The van der Waals surface area contributed by atoms with Gasteiger partial charge in [0.05, 0.1) is 11.1 Å². The molecule has 88 valence electrons. The lowest BCUT2D eigenvalue weighted by molar-refractivity contribution is 0.156. The molecule has 16 heavy (non-hydrogen) atoms. The highest BCUT2D eigenvalue weighted by molar-refractivity contribution is 9.10. The fourth-order valence-electron chi connectivity index (χ4n) is 1.92. The summed E-state index contributed by atoms with van der Waals surface area (Å²) in [5, 5.41) is 0. The van der Waals surface area contributed by atoms with Crippen molar-refractivity contribution >= 4 is 15.9 Å². The first-order valence-electron chi connectivity index (χ1n) is 5.39. The Kier molecular flexibility index (Phi) is 3.95. The molecule has 2 nitrogen and oxygen atoms in total. The second-order valence-electron chi connectivity index (χ2n) is 4.18. The Hall–Kier alpha value is -0.450. The van der Waals surface area contributed by atoms with Crippen molar-refractivity contribution in [1.29, 1.82) is 0 Å². The van der Waals surface area contributed by atoms with E-state index in [-0.39, 0.29) is 5.82 Å². The summed E-state index contributed by atoms with van der Waals surface area (Å²) in [6.07, 6.45) is 1.08. The van der Waals surface area contributed by atoms with Crippen LogP contribution in [0.3, 0.4) is 0 Å². The van der Waals surface area contributed by atoms with Crippen LogP contribution in [-0.2, 0) is 11.3 Å². The third-order valence-corrected chi connectivity index (χ3v) is 3.55. The third-order valence-electron chi connectivity index (χ3n) is 2.94. The van der Waals surface area contributed by atoms with Gasteiger partial charge >= 0.3 is 0 Å². The van der Waals surface area contributed by atoms with Gasteiger partial charge in [0.25, 0.3) is 0 Å². The average molecular weight is 288 g/mol. The molecule has 2 rings (SSSR count). The molecule has 1 saturated heterocycles. The number of ether oxygens (including phenoxy) is 1. The van der Waals surface area contributed by atoms with Crippen LogP contribution in [0, 0.1) is 5.82 Å². The number of benzene rings is 1. The highest BCUT2D eigenvalue weighted by atomic mass is 79.9. The zero-order chi connectivity index (χ0) is 11.5. The smallest absolute Gasteiger partial charge is 0.137 e. The minimum Gasteiger partial charge on any atom is -0.380 e. The molecule has 0 aromatic heterocycles. The topological polar surface area (TPSA) is 12.5 Å². The van der Waals surface area contributed by atoms with Gasteiger partial charge in [-0.3, -0.25) is 4.90 Å². The number of rotatable bonds is 3. The van der Waals surface area contributed by atoms with E-state index in [9.17, 15) is 4.39 Å². The van der Waals surface area contributed by atoms with Crippen molar-refractivity contribution in [3.8, 4) is 0 Å². The molecule has 1 aromatic rings. The summed E-state index contributed by atoms with van der Waals surface area (Å²) < 4.78 is 18.9. The number of nitrogens with zero attached hydrogens (tertiary/aromatic N) is 1. The van der Waals surface area contributed by atoms with Crippen molar-refractivity contribution < 1.29 is 9.13 Å². The van der Waals surface area contributed by atoms with E-state index in [1.54, 1.807) is 0 Å². The molecule has 0 radical (unpaired) electrons. The van der Waals surface area contributed by atoms with Gasteiger partial charge in [0, 0.05) is 19.2 Å². The molecule has 4 heteroatoms. The van der Waals surface area contributed by atoms with E-state index in [4.69, 9.17) is 4.74 Å². The van der Waals surface area contributed by atoms with E-state index in [2.05, 4.69) is 27.9 Å². The summed E-state index contributed by atoms with van der Waals surface area (Å²) in [7, 11) is 2.08. The fourth-order valence-corrected chi connectivity index (χ4v) is 2.35. The second-order valence-corrected chi connectivity index (χ2v) is 5.04. The Labute approximate surface area is 104 Å². The lowest BCUT2D eigenvalue weighted by Gasteiger charge is -2.22. The predicted octanol–water partition coefficient (Wildman–Crippen LogP) is 2.81. The monoisotopic (exact) mass is 287 g/mol. The Morgan fingerprint density at radius 1 is 1.56 bits per heavy atom. The Balaban J connectivity index is 1.99. The summed E-state index contributed by atoms with van der Waals surface area (Å²) in [5.74, 6) is -0.212. The number of halogens is 2. The lowest BCUT2D eigenvalue weighted by atomic mass is 10.1. The SMILES string of the molecule is CN(Cc1ccc(F)c(Br)c1)C1CCOC1. The number of hydrogen-bond donors (Lipinski definition) is 0. The first kappa shape index (κ1) is 12.0. The van der Waals surface area contributed by atoms with E-state index < -0.39 is 0 Å². The van der Waals surface area contributed by atoms with Crippen molar-refractivity contribution in [2.45, 2.75) is 19.0 Å². The lowest BCUT2D eigenvalue weighted by Crippen LogP contribution is -2.31. The highest BCUT2D eigenvalue weighted by Crippen LogP contribution is 2.19. The van der Waals surface area contributed by atoms with Crippen LogP contribution in [0.25, 0.3) is 0 Å². The zero-order valence-electron chi connectivity index (χ0n) is 9.25. The van der Waals surface area contributed by atoms with Gasteiger partial charge in [-0.1, -0.05) is 6.07 Å². The Morgan fingerprint density at radius 3 is 3.00 bits per heavy atom. The molecule has 1 aliphatic rings. The van der Waals surface area contributed by atoms with Crippen LogP contribution in [-0.4, -0.2) is 31.2 Å². The summed E-state index contributed by atoms with van der Waals surface area (Å²) in [4.78, 5) is 2.26. The van der Waals surface area contributed by atoms with Crippen LogP contribution < -0.4 is 0 Å². The van der Waals surface area contributed by atoms with Crippen molar-refractivity contribution in [2.24, 2.45) is 0 Å². The average Bonchev–Trinajstić information content (AvgIpc) is 2.77. The van der Waals surface area contributed by atoms with Crippen molar-refractivity contribution in [2.75, 3.05) is 20.3 Å². The summed E-state index contributed by atoms with van der Waals surface area (Å²) >= 11 is 3.20. The van der Waals surface area contributed by atoms with Crippen molar-refractivity contribution in [1.82, 2.24) is 4.90 Å². The van der Waals surface area contributed by atoms with E-state index >= 15 is 0 Å². The molecule has 0 spiro atoms. The molecule has 1 heterocycles. The molecule has 0 amide bonds. The summed E-state index contributed by atoms with van der Waals surface area (Å²) in [5.41, 5.74) is 1.11. The first-order valence-corrected chi connectivity index (χ1v) is 6.18. The van der Waals surface area contributed by atoms with Crippen LogP contribution in [0.15, 0.2) is 22.7 Å². The maximum absolute atomic E-state index is 13.1. The normalized spacial score (nSPS) is 20.6. The zero-order valence-corrected chi connectivity index (χ0v) is 10.8. The Bertz CT molecular complexity index is 366.